The van der Waals surface area contributed by atoms with E-state index in [-0.39, 0.29) is 11.7 Å². The Morgan fingerprint density at radius 2 is 2.25 bits per heavy atom. The van der Waals surface area contributed by atoms with Crippen LogP contribution < -0.4 is 9.64 Å². The van der Waals surface area contributed by atoms with Crippen LogP contribution in [0.15, 0.2) is 12.4 Å². The molecule has 0 unspecified atom stereocenters. The van der Waals surface area contributed by atoms with E-state index in [1.807, 2.05) is 13.0 Å². The van der Waals surface area contributed by atoms with Crippen LogP contribution in [-0.2, 0) is 9.47 Å². The minimum Gasteiger partial charge on any atom is -0.478 e. The first kappa shape index (κ1) is 15.0. The van der Waals surface area contributed by atoms with E-state index in [4.69, 9.17) is 14.2 Å². The summed E-state index contributed by atoms with van der Waals surface area (Å²) in [5.74, 6) is 1.46. The Labute approximate surface area is 120 Å². The van der Waals surface area contributed by atoms with Crippen LogP contribution in [0, 0.1) is 0 Å². The zero-order valence-electron chi connectivity index (χ0n) is 12.6. The summed E-state index contributed by atoms with van der Waals surface area (Å²) in [4.78, 5) is 10.6. The van der Waals surface area contributed by atoms with Crippen LogP contribution in [0.4, 0.5) is 5.82 Å². The predicted octanol–water partition coefficient (Wildman–Crippen LogP) is 1.51. The van der Waals surface area contributed by atoms with Crippen molar-refractivity contribution in [2.75, 3.05) is 38.3 Å². The minimum absolute atomic E-state index is 0.0364. The average Bonchev–Trinajstić information content (AvgIpc) is 2.38. The van der Waals surface area contributed by atoms with Gasteiger partial charge in [0.1, 0.15) is 12.1 Å². The predicted molar refractivity (Wildman–Crippen MR) is 76.2 cm³/mol. The standard InChI is InChI=1S/C14H23N3O3/c1-5-19-13-6-12(15-10-16-13)17-7-11(8-18-4)20-14(2,3)9-17/h6,10-11H,5,7-9H2,1-4H3/t11-/m1/s1. The molecule has 2 rings (SSSR count). The lowest BCUT2D eigenvalue weighted by molar-refractivity contribution is -0.106. The Morgan fingerprint density at radius 1 is 1.45 bits per heavy atom. The van der Waals surface area contributed by atoms with E-state index >= 15 is 0 Å². The fourth-order valence-corrected chi connectivity index (χ4v) is 2.47. The number of rotatable bonds is 5. The number of hydrogen-bond donors (Lipinski definition) is 0. The van der Waals surface area contributed by atoms with Gasteiger partial charge in [0.05, 0.1) is 24.9 Å². The van der Waals surface area contributed by atoms with Gasteiger partial charge in [0, 0.05) is 26.3 Å². The van der Waals surface area contributed by atoms with Gasteiger partial charge in [-0.25, -0.2) is 9.97 Å². The molecular formula is C14H23N3O3. The quantitative estimate of drug-likeness (QED) is 0.815. The lowest BCUT2D eigenvalue weighted by atomic mass is 10.1. The number of methoxy groups -OCH3 is 1. The van der Waals surface area contributed by atoms with Crippen molar-refractivity contribution >= 4 is 5.82 Å². The van der Waals surface area contributed by atoms with E-state index in [0.717, 1.165) is 18.9 Å². The number of aromatic nitrogens is 2. The maximum Gasteiger partial charge on any atom is 0.218 e. The van der Waals surface area contributed by atoms with Gasteiger partial charge in [-0.05, 0) is 20.8 Å². The molecule has 0 aromatic carbocycles. The lowest BCUT2D eigenvalue weighted by Crippen LogP contribution is -2.54. The first-order valence-electron chi connectivity index (χ1n) is 6.90. The number of hydrogen-bond acceptors (Lipinski definition) is 6. The van der Waals surface area contributed by atoms with Crippen LogP contribution in [0.1, 0.15) is 20.8 Å². The van der Waals surface area contributed by atoms with Crippen molar-refractivity contribution in [1.82, 2.24) is 9.97 Å². The molecule has 6 nitrogen and oxygen atoms in total. The van der Waals surface area contributed by atoms with Crippen LogP contribution in [0.3, 0.4) is 0 Å². The second-order valence-electron chi connectivity index (χ2n) is 5.48. The molecule has 1 atom stereocenters. The molecule has 6 heteroatoms. The molecule has 1 aromatic heterocycles. The topological polar surface area (TPSA) is 56.7 Å². The zero-order valence-corrected chi connectivity index (χ0v) is 12.6. The summed E-state index contributed by atoms with van der Waals surface area (Å²) in [6, 6.07) is 1.87. The molecule has 1 saturated heterocycles. The fraction of sp³-hybridized carbons (Fsp3) is 0.714. The van der Waals surface area contributed by atoms with Gasteiger partial charge in [-0.3, -0.25) is 0 Å². The van der Waals surface area contributed by atoms with Gasteiger partial charge in [-0.1, -0.05) is 0 Å². The van der Waals surface area contributed by atoms with Crippen molar-refractivity contribution in [3.63, 3.8) is 0 Å². The van der Waals surface area contributed by atoms with Gasteiger partial charge in [-0.2, -0.15) is 0 Å². The smallest absolute Gasteiger partial charge is 0.218 e. The van der Waals surface area contributed by atoms with Gasteiger partial charge in [-0.15, -0.1) is 0 Å². The summed E-state index contributed by atoms with van der Waals surface area (Å²) in [5.41, 5.74) is -0.238. The van der Waals surface area contributed by atoms with Gasteiger partial charge in [0.25, 0.3) is 0 Å². The van der Waals surface area contributed by atoms with Crippen molar-refractivity contribution in [2.45, 2.75) is 32.5 Å². The third-order valence-corrected chi connectivity index (χ3v) is 3.08. The molecule has 1 aromatic rings. The summed E-state index contributed by atoms with van der Waals surface area (Å²) in [7, 11) is 1.69. The Bertz CT molecular complexity index is 439. The molecule has 0 aliphatic carbocycles. The molecule has 0 saturated carbocycles. The Kier molecular flexibility index (Phi) is 4.77. The largest absolute Gasteiger partial charge is 0.478 e. The summed E-state index contributed by atoms with van der Waals surface area (Å²) in [6.07, 6.45) is 1.57. The summed E-state index contributed by atoms with van der Waals surface area (Å²) in [5, 5.41) is 0. The molecule has 1 aliphatic heterocycles. The highest BCUT2D eigenvalue weighted by Crippen LogP contribution is 2.26. The van der Waals surface area contributed by atoms with Crippen LogP contribution in [-0.4, -0.2) is 55.1 Å². The molecule has 0 N–H and O–H groups in total. The maximum atomic E-state index is 6.00. The molecule has 20 heavy (non-hydrogen) atoms. The van der Waals surface area contributed by atoms with Crippen LogP contribution >= 0.6 is 0 Å². The Morgan fingerprint density at radius 3 is 2.95 bits per heavy atom. The van der Waals surface area contributed by atoms with E-state index in [1.54, 1.807) is 7.11 Å². The van der Waals surface area contributed by atoms with Crippen molar-refractivity contribution in [3.05, 3.63) is 12.4 Å². The Balaban J connectivity index is 2.15. The van der Waals surface area contributed by atoms with Crippen LogP contribution in [0.5, 0.6) is 5.88 Å². The fourth-order valence-electron chi connectivity index (χ4n) is 2.47. The van der Waals surface area contributed by atoms with E-state index in [0.29, 0.717) is 19.1 Å². The minimum atomic E-state index is -0.238. The third kappa shape index (κ3) is 3.80. The molecular weight excluding hydrogens is 258 g/mol. The second-order valence-corrected chi connectivity index (χ2v) is 5.48. The number of anilines is 1. The highest BCUT2D eigenvalue weighted by molar-refractivity contribution is 5.42. The number of nitrogens with zero attached hydrogens (tertiary/aromatic N) is 3. The van der Waals surface area contributed by atoms with Gasteiger partial charge in [0.15, 0.2) is 0 Å². The van der Waals surface area contributed by atoms with E-state index in [9.17, 15) is 0 Å². The Hall–Kier alpha value is -1.40. The monoisotopic (exact) mass is 281 g/mol. The molecule has 1 aliphatic rings. The van der Waals surface area contributed by atoms with Gasteiger partial charge in [0.2, 0.25) is 5.88 Å². The first-order chi connectivity index (χ1) is 9.54. The van der Waals surface area contributed by atoms with Crippen LogP contribution in [0.2, 0.25) is 0 Å². The normalized spacial score (nSPS) is 21.8. The number of ether oxygens (including phenoxy) is 3. The van der Waals surface area contributed by atoms with E-state index < -0.39 is 0 Å². The summed E-state index contributed by atoms with van der Waals surface area (Å²) < 4.78 is 16.6. The molecule has 0 radical (unpaired) electrons. The summed E-state index contributed by atoms with van der Waals surface area (Å²) in [6.45, 7) is 8.78. The highest BCUT2D eigenvalue weighted by atomic mass is 16.5. The molecule has 2 heterocycles. The summed E-state index contributed by atoms with van der Waals surface area (Å²) >= 11 is 0. The molecule has 0 spiro atoms. The first-order valence-corrected chi connectivity index (χ1v) is 6.90. The molecule has 0 bridgehead atoms. The molecule has 1 fully saturated rings. The second kappa shape index (κ2) is 6.37. The maximum absolute atomic E-state index is 6.00. The zero-order chi connectivity index (χ0) is 14.6. The average molecular weight is 281 g/mol. The van der Waals surface area contributed by atoms with E-state index in [1.165, 1.54) is 6.33 Å². The third-order valence-electron chi connectivity index (χ3n) is 3.08. The van der Waals surface area contributed by atoms with E-state index in [2.05, 4.69) is 28.7 Å². The van der Waals surface area contributed by atoms with Crippen molar-refractivity contribution in [2.24, 2.45) is 0 Å². The molecule has 112 valence electrons. The lowest BCUT2D eigenvalue weighted by Gasteiger charge is -2.43. The molecule has 0 amide bonds. The number of morpholine rings is 1. The van der Waals surface area contributed by atoms with Crippen molar-refractivity contribution in [3.8, 4) is 5.88 Å². The van der Waals surface area contributed by atoms with Gasteiger partial charge < -0.3 is 19.1 Å². The SMILES string of the molecule is CCOc1cc(N2C[C@H](COC)OC(C)(C)C2)ncn1. The highest BCUT2D eigenvalue weighted by Gasteiger charge is 2.34. The van der Waals surface area contributed by atoms with Crippen LogP contribution in [0.25, 0.3) is 0 Å². The van der Waals surface area contributed by atoms with Gasteiger partial charge >= 0.3 is 0 Å². The van der Waals surface area contributed by atoms with Crippen molar-refractivity contribution in [1.29, 1.82) is 0 Å². The van der Waals surface area contributed by atoms with Crippen molar-refractivity contribution < 1.29 is 14.2 Å².